The lowest BCUT2D eigenvalue weighted by atomic mass is 10.2. The largest absolute Gasteiger partial charge is 0.451 e. The van der Waals surface area contributed by atoms with E-state index in [0.717, 1.165) is 12.1 Å². The van der Waals surface area contributed by atoms with Gasteiger partial charge in [-0.25, -0.2) is 26.3 Å². The van der Waals surface area contributed by atoms with Crippen LogP contribution in [0, 0.1) is 58.2 Å². The summed E-state index contributed by atoms with van der Waals surface area (Å²) in [5, 5.41) is 0. The molecule has 0 aliphatic carbocycles. The van der Waals surface area contributed by atoms with Crippen LogP contribution in [0.15, 0.2) is 93.5 Å². The average molecular weight is 627 g/mol. The molecule has 0 unspecified atom stereocenters. The van der Waals surface area contributed by atoms with Crippen LogP contribution < -0.4 is 9.47 Å². The van der Waals surface area contributed by atoms with Gasteiger partial charge in [-0.05, 0) is 24.3 Å². The molecule has 43 heavy (non-hydrogen) atoms. The highest BCUT2D eigenvalue weighted by atomic mass is 32.2. The van der Waals surface area contributed by atoms with Gasteiger partial charge >= 0.3 is 0 Å². The third-order valence-electron chi connectivity index (χ3n) is 5.83. The summed E-state index contributed by atoms with van der Waals surface area (Å²) < 4.78 is 151. The van der Waals surface area contributed by atoms with Crippen molar-refractivity contribution in [1.82, 2.24) is 0 Å². The molecule has 13 heteroatoms. The second-order valence-electron chi connectivity index (χ2n) is 8.57. The van der Waals surface area contributed by atoms with Crippen molar-refractivity contribution in [3.63, 3.8) is 0 Å². The Morgan fingerprint density at radius 1 is 0.349 bits per heavy atom. The second-order valence-corrected chi connectivity index (χ2v) is 10.6. The van der Waals surface area contributed by atoms with Crippen LogP contribution in [-0.2, 0) is 10.9 Å². The molecule has 0 amide bonds. The van der Waals surface area contributed by atoms with Gasteiger partial charge in [-0.15, -0.1) is 0 Å². The molecule has 0 aromatic heterocycles. The fourth-order valence-electron chi connectivity index (χ4n) is 3.89. The fourth-order valence-corrected chi connectivity index (χ4v) is 6.03. The first-order chi connectivity index (χ1) is 20.5. The molecule has 0 saturated heterocycles. The van der Waals surface area contributed by atoms with Gasteiger partial charge in [-0.2, -0.15) is 17.6 Å². The predicted octanol–water partition coefficient (Wildman–Crippen LogP) is 9.76. The summed E-state index contributed by atoms with van der Waals surface area (Å²) in [6, 6.07) is 19.9. The summed E-state index contributed by atoms with van der Waals surface area (Å²) >= 11 is 0. The van der Waals surface area contributed by atoms with Crippen LogP contribution >= 0.6 is 0 Å². The Balaban J connectivity index is 1.73. The third kappa shape index (κ3) is 5.59. The van der Waals surface area contributed by atoms with Crippen LogP contribution in [0.25, 0.3) is 0 Å². The normalized spacial score (nSPS) is 11.2. The SMILES string of the molecule is Fc1c(F)c(F)c(Oc2cc(Oc3c(F)c(F)c(F)c(F)c3F)cc([S+](c3ccccc3)c3ccccc3)c2)c(F)c1F. The zero-order valence-electron chi connectivity index (χ0n) is 21.0. The van der Waals surface area contributed by atoms with Crippen molar-refractivity contribution < 1.29 is 53.4 Å². The monoisotopic (exact) mass is 627 g/mol. The van der Waals surface area contributed by atoms with E-state index in [1.165, 1.54) is 0 Å². The number of rotatable bonds is 7. The molecule has 2 nitrogen and oxygen atoms in total. The Bertz CT molecular complexity index is 1650. The Labute approximate surface area is 239 Å². The van der Waals surface area contributed by atoms with E-state index in [1.54, 1.807) is 60.7 Å². The van der Waals surface area contributed by atoms with E-state index in [0.29, 0.717) is 15.9 Å². The molecule has 220 valence electrons. The number of hydrogen-bond acceptors (Lipinski definition) is 2. The minimum absolute atomic E-state index is 0.137. The highest BCUT2D eigenvalue weighted by Gasteiger charge is 2.33. The van der Waals surface area contributed by atoms with Crippen molar-refractivity contribution in [3.8, 4) is 23.0 Å². The Hall–Kier alpha value is -4.65. The van der Waals surface area contributed by atoms with Gasteiger partial charge in [0.25, 0.3) is 0 Å². The summed E-state index contributed by atoms with van der Waals surface area (Å²) in [7, 11) is -1.15. The van der Waals surface area contributed by atoms with E-state index in [-0.39, 0.29) is 4.90 Å². The number of ether oxygens (including phenoxy) is 2. The van der Waals surface area contributed by atoms with E-state index in [1.807, 2.05) is 0 Å². The maximum absolute atomic E-state index is 14.5. The van der Waals surface area contributed by atoms with Crippen molar-refractivity contribution in [3.05, 3.63) is 137 Å². The smallest absolute Gasteiger partial charge is 0.207 e. The van der Waals surface area contributed by atoms with Gasteiger partial charge in [0.05, 0.1) is 10.9 Å². The minimum Gasteiger partial charge on any atom is -0.451 e. The maximum atomic E-state index is 14.5. The van der Waals surface area contributed by atoms with E-state index in [4.69, 9.17) is 9.47 Å². The Morgan fingerprint density at radius 3 is 0.977 bits per heavy atom. The quantitative estimate of drug-likeness (QED) is 0.0775. The van der Waals surface area contributed by atoms with E-state index < -0.39 is 92.1 Å². The van der Waals surface area contributed by atoms with Gasteiger partial charge in [0.1, 0.15) is 11.5 Å². The summed E-state index contributed by atoms with van der Waals surface area (Å²) in [5.74, 6) is -28.2. The van der Waals surface area contributed by atoms with E-state index >= 15 is 0 Å². The molecule has 5 rings (SSSR count). The van der Waals surface area contributed by atoms with Crippen molar-refractivity contribution in [1.29, 1.82) is 0 Å². The van der Waals surface area contributed by atoms with Crippen molar-refractivity contribution in [2.24, 2.45) is 0 Å². The minimum atomic E-state index is -2.44. The van der Waals surface area contributed by atoms with E-state index in [9.17, 15) is 43.9 Å². The number of benzene rings is 5. The summed E-state index contributed by atoms with van der Waals surface area (Å²) in [6.45, 7) is 0. The van der Waals surface area contributed by atoms with Gasteiger partial charge in [-0.3, -0.25) is 0 Å². The zero-order valence-corrected chi connectivity index (χ0v) is 21.8. The van der Waals surface area contributed by atoms with Gasteiger partial charge in [-0.1, -0.05) is 36.4 Å². The van der Waals surface area contributed by atoms with E-state index in [2.05, 4.69) is 0 Å². The highest BCUT2D eigenvalue weighted by Crippen LogP contribution is 2.41. The van der Waals surface area contributed by atoms with Crippen molar-refractivity contribution in [2.75, 3.05) is 0 Å². The Kier molecular flexibility index (Phi) is 8.27. The van der Waals surface area contributed by atoms with Gasteiger partial charge in [0.2, 0.25) is 69.7 Å². The van der Waals surface area contributed by atoms with Crippen LogP contribution in [0.2, 0.25) is 0 Å². The van der Waals surface area contributed by atoms with Crippen LogP contribution in [-0.4, -0.2) is 0 Å². The molecular formula is C30H13F10O2S+. The third-order valence-corrected chi connectivity index (χ3v) is 8.02. The summed E-state index contributed by atoms with van der Waals surface area (Å²) in [6.07, 6.45) is 0. The summed E-state index contributed by atoms with van der Waals surface area (Å²) in [5.41, 5.74) is 0. The molecule has 0 saturated carbocycles. The number of halogens is 10. The molecule has 0 N–H and O–H groups in total. The molecule has 0 aliphatic heterocycles. The molecule has 0 bridgehead atoms. The first-order valence-corrected chi connectivity index (χ1v) is 13.1. The van der Waals surface area contributed by atoms with Crippen LogP contribution in [0.4, 0.5) is 43.9 Å². The lowest BCUT2D eigenvalue weighted by Gasteiger charge is -2.15. The zero-order chi connectivity index (χ0) is 31.0. The molecule has 0 spiro atoms. The molecule has 5 aromatic rings. The molecular weight excluding hydrogens is 614 g/mol. The first-order valence-electron chi connectivity index (χ1n) is 11.9. The first kappa shape index (κ1) is 29.8. The standard InChI is InChI=1S/C30H13F10O2S/c31-19-21(33)25(37)29(26(38)22(19)34)41-14-11-15(42-30-27(39)23(35)20(32)24(36)28(30)40)13-18(12-14)43(16-7-3-1-4-8-16)17-9-5-2-6-10-17/h1-13H/q+1. The Morgan fingerprint density at radius 2 is 0.651 bits per heavy atom. The van der Waals surface area contributed by atoms with Crippen LogP contribution in [0.5, 0.6) is 23.0 Å². The van der Waals surface area contributed by atoms with Crippen molar-refractivity contribution >= 4 is 10.9 Å². The van der Waals surface area contributed by atoms with Crippen LogP contribution in [0.3, 0.4) is 0 Å². The molecule has 0 heterocycles. The van der Waals surface area contributed by atoms with Gasteiger partial charge < -0.3 is 9.47 Å². The molecule has 0 aliphatic rings. The van der Waals surface area contributed by atoms with Crippen LogP contribution in [0.1, 0.15) is 0 Å². The predicted molar refractivity (Wildman–Crippen MR) is 134 cm³/mol. The number of hydrogen-bond donors (Lipinski definition) is 0. The highest BCUT2D eigenvalue weighted by molar-refractivity contribution is 7.97. The lowest BCUT2D eigenvalue weighted by molar-refractivity contribution is 0.326. The lowest BCUT2D eigenvalue weighted by Crippen LogP contribution is -2.07. The van der Waals surface area contributed by atoms with Crippen molar-refractivity contribution in [2.45, 2.75) is 14.7 Å². The van der Waals surface area contributed by atoms with Gasteiger partial charge in [0, 0.05) is 18.2 Å². The fraction of sp³-hybridized carbons (Fsp3) is 0. The molecule has 5 aromatic carbocycles. The average Bonchev–Trinajstić information content (AvgIpc) is 3.02. The molecule has 0 fully saturated rings. The molecule has 0 atom stereocenters. The maximum Gasteiger partial charge on any atom is 0.207 e. The molecule has 0 radical (unpaired) electrons. The topological polar surface area (TPSA) is 18.5 Å². The second kappa shape index (κ2) is 11.9. The van der Waals surface area contributed by atoms with Gasteiger partial charge in [0.15, 0.2) is 14.7 Å². The summed E-state index contributed by atoms with van der Waals surface area (Å²) in [4.78, 5) is 1.37.